The van der Waals surface area contributed by atoms with Gasteiger partial charge < -0.3 is 15.3 Å². The van der Waals surface area contributed by atoms with Gasteiger partial charge in [-0.15, -0.1) is 0 Å². The molecule has 0 saturated carbocycles. The molecule has 0 aliphatic rings. The lowest BCUT2D eigenvalue weighted by Crippen LogP contribution is -2.47. The van der Waals surface area contributed by atoms with E-state index in [0.717, 1.165) is 19.5 Å². The van der Waals surface area contributed by atoms with Crippen LogP contribution in [-0.4, -0.2) is 73.7 Å². The van der Waals surface area contributed by atoms with E-state index in [0.29, 0.717) is 13.1 Å². The van der Waals surface area contributed by atoms with E-state index in [2.05, 4.69) is 22.0 Å². The van der Waals surface area contributed by atoms with Crippen LogP contribution in [-0.2, 0) is 4.79 Å². The molecule has 102 valence electrons. The molecule has 0 rings (SSSR count). The molecule has 5 heteroatoms. The SMILES string of the molecule is CCCN(CCO)CC(CNC(C)=O)N(C)C. The van der Waals surface area contributed by atoms with E-state index in [1.165, 1.54) is 6.92 Å². The zero-order chi connectivity index (χ0) is 13.3. The third-order valence-electron chi connectivity index (χ3n) is 2.74. The molecule has 0 heterocycles. The second-order valence-electron chi connectivity index (χ2n) is 4.58. The van der Waals surface area contributed by atoms with Crippen LogP contribution in [0.25, 0.3) is 0 Å². The quantitative estimate of drug-likeness (QED) is 0.588. The molecule has 17 heavy (non-hydrogen) atoms. The molecule has 2 N–H and O–H groups in total. The molecule has 0 spiro atoms. The zero-order valence-corrected chi connectivity index (χ0v) is 11.6. The summed E-state index contributed by atoms with van der Waals surface area (Å²) in [6.45, 7) is 7.02. The number of aliphatic hydroxyl groups excluding tert-OH is 1. The van der Waals surface area contributed by atoms with Crippen molar-refractivity contribution in [1.29, 1.82) is 0 Å². The maximum atomic E-state index is 10.9. The summed E-state index contributed by atoms with van der Waals surface area (Å²) in [5, 5.41) is 11.9. The first-order valence-electron chi connectivity index (χ1n) is 6.25. The molecule has 1 unspecified atom stereocenters. The van der Waals surface area contributed by atoms with Crippen LogP contribution < -0.4 is 5.32 Å². The summed E-state index contributed by atoms with van der Waals surface area (Å²) in [6.07, 6.45) is 1.07. The minimum atomic E-state index is 0.000972. The first-order chi connectivity index (χ1) is 8.01. The topological polar surface area (TPSA) is 55.8 Å². The molecular weight excluding hydrogens is 218 g/mol. The third kappa shape index (κ3) is 8.12. The van der Waals surface area contributed by atoms with Crippen molar-refractivity contribution in [3.63, 3.8) is 0 Å². The molecule has 0 aliphatic heterocycles. The van der Waals surface area contributed by atoms with Gasteiger partial charge in [0.2, 0.25) is 5.91 Å². The van der Waals surface area contributed by atoms with Crippen molar-refractivity contribution < 1.29 is 9.90 Å². The van der Waals surface area contributed by atoms with Crippen molar-refractivity contribution in [2.45, 2.75) is 26.3 Å². The van der Waals surface area contributed by atoms with Crippen molar-refractivity contribution in [3.05, 3.63) is 0 Å². The Morgan fingerprint density at radius 1 is 1.35 bits per heavy atom. The third-order valence-corrected chi connectivity index (χ3v) is 2.74. The summed E-state index contributed by atoms with van der Waals surface area (Å²) in [6, 6.07) is 0.275. The normalized spacial score (nSPS) is 13.1. The number of nitrogens with one attached hydrogen (secondary N) is 1. The van der Waals surface area contributed by atoms with E-state index < -0.39 is 0 Å². The van der Waals surface area contributed by atoms with Gasteiger partial charge in [0.1, 0.15) is 0 Å². The molecule has 0 radical (unpaired) electrons. The van der Waals surface area contributed by atoms with Gasteiger partial charge in [0, 0.05) is 32.6 Å². The van der Waals surface area contributed by atoms with Crippen LogP contribution in [0, 0.1) is 0 Å². The predicted molar refractivity (Wildman–Crippen MR) is 70.0 cm³/mol. The standard InChI is InChI=1S/C12H27N3O2/c1-5-6-15(7-8-16)10-12(14(3)4)9-13-11(2)17/h12,16H,5-10H2,1-4H3,(H,13,17). The van der Waals surface area contributed by atoms with Crippen molar-refractivity contribution in [2.75, 3.05) is 46.9 Å². The van der Waals surface area contributed by atoms with Gasteiger partial charge in [-0.05, 0) is 27.1 Å². The van der Waals surface area contributed by atoms with Gasteiger partial charge in [0.05, 0.1) is 6.61 Å². The molecule has 0 aromatic carbocycles. The fourth-order valence-corrected chi connectivity index (χ4v) is 1.72. The van der Waals surface area contributed by atoms with Crippen molar-refractivity contribution in [3.8, 4) is 0 Å². The smallest absolute Gasteiger partial charge is 0.216 e. The number of hydrogen-bond donors (Lipinski definition) is 2. The average molecular weight is 245 g/mol. The molecule has 0 aliphatic carbocycles. The van der Waals surface area contributed by atoms with E-state index in [-0.39, 0.29) is 18.6 Å². The van der Waals surface area contributed by atoms with Gasteiger partial charge in [-0.25, -0.2) is 0 Å². The number of aliphatic hydroxyl groups is 1. The highest BCUT2D eigenvalue weighted by Gasteiger charge is 2.15. The Labute approximate surface area is 105 Å². The van der Waals surface area contributed by atoms with E-state index in [1.54, 1.807) is 0 Å². The Balaban J connectivity index is 4.22. The van der Waals surface area contributed by atoms with Gasteiger partial charge in [0.15, 0.2) is 0 Å². The van der Waals surface area contributed by atoms with Crippen LogP contribution in [0.5, 0.6) is 0 Å². The summed E-state index contributed by atoms with van der Waals surface area (Å²) < 4.78 is 0. The lowest BCUT2D eigenvalue weighted by atomic mass is 10.2. The number of rotatable bonds is 9. The first kappa shape index (κ1) is 16.4. The minimum absolute atomic E-state index is 0.000972. The Morgan fingerprint density at radius 3 is 2.41 bits per heavy atom. The number of likely N-dealkylation sites (N-methyl/N-ethyl adjacent to an activating group) is 1. The van der Waals surface area contributed by atoms with Gasteiger partial charge in [-0.1, -0.05) is 6.92 Å². The summed E-state index contributed by atoms with van der Waals surface area (Å²) in [7, 11) is 4.02. The van der Waals surface area contributed by atoms with Crippen molar-refractivity contribution in [1.82, 2.24) is 15.1 Å². The van der Waals surface area contributed by atoms with E-state index in [4.69, 9.17) is 5.11 Å². The number of carbonyl (C=O) groups excluding carboxylic acids is 1. The van der Waals surface area contributed by atoms with Crippen LogP contribution in [0.4, 0.5) is 0 Å². The molecule has 1 atom stereocenters. The second-order valence-corrected chi connectivity index (χ2v) is 4.58. The lowest BCUT2D eigenvalue weighted by molar-refractivity contribution is -0.119. The molecule has 0 saturated heterocycles. The average Bonchev–Trinajstić information content (AvgIpc) is 2.23. The molecular formula is C12H27N3O2. The molecule has 0 aromatic rings. The fourth-order valence-electron chi connectivity index (χ4n) is 1.72. The Kier molecular flexibility index (Phi) is 9.03. The molecule has 0 fully saturated rings. The monoisotopic (exact) mass is 245 g/mol. The van der Waals surface area contributed by atoms with E-state index >= 15 is 0 Å². The predicted octanol–water partition coefficient (Wildman–Crippen LogP) is -0.243. The van der Waals surface area contributed by atoms with Crippen LogP contribution in [0.2, 0.25) is 0 Å². The van der Waals surface area contributed by atoms with Gasteiger partial charge in [0.25, 0.3) is 0 Å². The first-order valence-corrected chi connectivity index (χ1v) is 6.25. The highest BCUT2D eigenvalue weighted by molar-refractivity contribution is 5.72. The van der Waals surface area contributed by atoms with Gasteiger partial charge in [-0.2, -0.15) is 0 Å². The lowest BCUT2D eigenvalue weighted by Gasteiger charge is -2.30. The Hall–Kier alpha value is -0.650. The molecule has 5 nitrogen and oxygen atoms in total. The van der Waals surface area contributed by atoms with E-state index in [9.17, 15) is 4.79 Å². The van der Waals surface area contributed by atoms with Gasteiger partial charge in [-0.3, -0.25) is 9.69 Å². The molecule has 1 amide bonds. The van der Waals surface area contributed by atoms with E-state index in [1.807, 2.05) is 14.1 Å². The summed E-state index contributed by atoms with van der Waals surface area (Å²) >= 11 is 0. The maximum Gasteiger partial charge on any atom is 0.216 e. The summed E-state index contributed by atoms with van der Waals surface area (Å²) in [5.41, 5.74) is 0. The number of nitrogens with zero attached hydrogens (tertiary/aromatic N) is 2. The highest BCUT2D eigenvalue weighted by Crippen LogP contribution is 1.99. The second kappa shape index (κ2) is 9.39. The fraction of sp³-hybridized carbons (Fsp3) is 0.917. The van der Waals surface area contributed by atoms with Crippen molar-refractivity contribution in [2.24, 2.45) is 0 Å². The summed E-state index contributed by atoms with van der Waals surface area (Å²) in [5.74, 6) is 0.000972. The van der Waals surface area contributed by atoms with Crippen LogP contribution >= 0.6 is 0 Å². The molecule has 0 bridgehead atoms. The largest absolute Gasteiger partial charge is 0.395 e. The molecule has 0 aromatic heterocycles. The zero-order valence-electron chi connectivity index (χ0n) is 11.6. The van der Waals surface area contributed by atoms with Gasteiger partial charge >= 0.3 is 0 Å². The van der Waals surface area contributed by atoms with Crippen LogP contribution in [0.3, 0.4) is 0 Å². The van der Waals surface area contributed by atoms with Crippen LogP contribution in [0.1, 0.15) is 20.3 Å². The van der Waals surface area contributed by atoms with Crippen LogP contribution in [0.15, 0.2) is 0 Å². The number of carbonyl (C=O) groups is 1. The summed E-state index contributed by atoms with van der Waals surface area (Å²) in [4.78, 5) is 15.3. The number of amides is 1. The maximum absolute atomic E-state index is 10.9. The highest BCUT2D eigenvalue weighted by atomic mass is 16.3. The Morgan fingerprint density at radius 2 is 2.00 bits per heavy atom. The van der Waals surface area contributed by atoms with Crippen molar-refractivity contribution >= 4 is 5.91 Å². The number of hydrogen-bond acceptors (Lipinski definition) is 4. The Bertz CT molecular complexity index is 204. The minimum Gasteiger partial charge on any atom is -0.395 e.